The summed E-state index contributed by atoms with van der Waals surface area (Å²) in [6.07, 6.45) is 0. The van der Waals surface area contributed by atoms with E-state index in [0.717, 1.165) is 16.8 Å². The first-order valence-corrected chi connectivity index (χ1v) is 4.47. The first-order valence-electron chi connectivity index (χ1n) is 4.47. The van der Waals surface area contributed by atoms with Crippen molar-refractivity contribution in [3.8, 4) is 5.69 Å². The number of anilines is 2. The van der Waals surface area contributed by atoms with Gasteiger partial charge in [0.05, 0.1) is 0 Å². The predicted molar refractivity (Wildman–Crippen MR) is 55.2 cm³/mol. The molecule has 0 aliphatic heterocycles. The number of hydrogen-bond donors (Lipinski definition) is 2. The van der Waals surface area contributed by atoms with E-state index in [4.69, 9.17) is 5.73 Å². The molecular formula is C9H9F2N5. The summed E-state index contributed by atoms with van der Waals surface area (Å²) >= 11 is 0. The van der Waals surface area contributed by atoms with Gasteiger partial charge in [0.2, 0.25) is 11.9 Å². The van der Waals surface area contributed by atoms with E-state index < -0.39 is 11.6 Å². The molecule has 0 aliphatic carbocycles. The van der Waals surface area contributed by atoms with Crippen molar-refractivity contribution >= 4 is 11.9 Å². The summed E-state index contributed by atoms with van der Waals surface area (Å²) in [5, 5.41) is 6.57. The summed E-state index contributed by atoms with van der Waals surface area (Å²) < 4.78 is 27.2. The molecule has 0 saturated heterocycles. The number of nitrogens with two attached hydrogens (primary N) is 1. The van der Waals surface area contributed by atoms with Gasteiger partial charge in [0.15, 0.2) is 5.82 Å². The number of halogens is 2. The van der Waals surface area contributed by atoms with Gasteiger partial charge in [-0.05, 0) is 12.1 Å². The van der Waals surface area contributed by atoms with Gasteiger partial charge in [0.1, 0.15) is 11.5 Å². The average Bonchev–Trinajstić information content (AvgIpc) is 2.60. The van der Waals surface area contributed by atoms with Gasteiger partial charge in [0, 0.05) is 13.1 Å². The molecular weight excluding hydrogens is 216 g/mol. The Bertz CT molecular complexity index is 523. The van der Waals surface area contributed by atoms with Crippen LogP contribution in [0.3, 0.4) is 0 Å². The van der Waals surface area contributed by atoms with Gasteiger partial charge in [-0.3, -0.25) is 0 Å². The quantitative estimate of drug-likeness (QED) is 0.805. The van der Waals surface area contributed by atoms with Gasteiger partial charge in [-0.25, -0.2) is 8.78 Å². The molecule has 2 aromatic rings. The third-order valence-corrected chi connectivity index (χ3v) is 1.99. The fourth-order valence-electron chi connectivity index (χ4n) is 1.26. The SMILES string of the molecule is CNc1nc(N)n(-c2ccc(F)cc2F)n1. The molecule has 0 fully saturated rings. The van der Waals surface area contributed by atoms with Crippen LogP contribution in [0.2, 0.25) is 0 Å². The second-order valence-electron chi connectivity index (χ2n) is 3.05. The third-order valence-electron chi connectivity index (χ3n) is 1.99. The molecule has 1 heterocycles. The summed E-state index contributed by atoms with van der Waals surface area (Å²) in [4.78, 5) is 3.83. The second kappa shape index (κ2) is 3.76. The standard InChI is InChI=1S/C9H9F2N5/c1-13-9-14-8(12)16(15-9)7-3-2-5(10)4-6(7)11/h2-4H,1H3,(H3,12,13,14,15). The Morgan fingerprint density at radius 3 is 2.69 bits per heavy atom. The molecule has 0 saturated carbocycles. The minimum atomic E-state index is -0.751. The average molecular weight is 225 g/mol. The number of nitrogens with zero attached hydrogens (tertiary/aromatic N) is 3. The van der Waals surface area contributed by atoms with E-state index in [1.807, 2.05) is 0 Å². The Morgan fingerprint density at radius 2 is 2.12 bits per heavy atom. The lowest BCUT2D eigenvalue weighted by atomic mass is 10.3. The molecule has 84 valence electrons. The van der Waals surface area contributed by atoms with Crippen LogP contribution in [-0.4, -0.2) is 21.8 Å². The molecule has 0 amide bonds. The van der Waals surface area contributed by atoms with Crippen LogP contribution < -0.4 is 11.1 Å². The van der Waals surface area contributed by atoms with Crippen molar-refractivity contribution in [3.63, 3.8) is 0 Å². The molecule has 0 bridgehead atoms. The molecule has 0 radical (unpaired) electrons. The molecule has 0 atom stereocenters. The van der Waals surface area contributed by atoms with Gasteiger partial charge in [-0.15, -0.1) is 5.10 Å². The van der Waals surface area contributed by atoms with Crippen molar-refractivity contribution in [3.05, 3.63) is 29.8 Å². The van der Waals surface area contributed by atoms with E-state index in [0.29, 0.717) is 0 Å². The largest absolute Gasteiger partial charge is 0.368 e. The third kappa shape index (κ3) is 1.67. The van der Waals surface area contributed by atoms with Gasteiger partial charge in [0.25, 0.3) is 0 Å². The molecule has 7 heteroatoms. The van der Waals surface area contributed by atoms with Gasteiger partial charge >= 0.3 is 0 Å². The van der Waals surface area contributed by atoms with E-state index >= 15 is 0 Å². The highest BCUT2D eigenvalue weighted by Crippen LogP contribution is 2.17. The lowest BCUT2D eigenvalue weighted by Crippen LogP contribution is -2.05. The number of aromatic nitrogens is 3. The molecule has 0 aliphatic rings. The molecule has 0 unspecified atom stereocenters. The number of rotatable bonds is 2. The highest BCUT2D eigenvalue weighted by molar-refractivity contribution is 5.42. The van der Waals surface area contributed by atoms with Gasteiger partial charge in [-0.2, -0.15) is 9.67 Å². The molecule has 1 aromatic heterocycles. The first-order chi connectivity index (χ1) is 7.61. The van der Waals surface area contributed by atoms with Crippen LogP contribution in [0.15, 0.2) is 18.2 Å². The predicted octanol–water partition coefficient (Wildman–Crippen LogP) is 1.17. The Morgan fingerprint density at radius 1 is 1.38 bits per heavy atom. The van der Waals surface area contributed by atoms with Crippen molar-refractivity contribution in [2.75, 3.05) is 18.1 Å². The number of nitrogen functional groups attached to an aromatic ring is 1. The highest BCUT2D eigenvalue weighted by atomic mass is 19.1. The first kappa shape index (κ1) is 10.3. The van der Waals surface area contributed by atoms with Crippen molar-refractivity contribution < 1.29 is 8.78 Å². The van der Waals surface area contributed by atoms with Crippen molar-refractivity contribution in [1.82, 2.24) is 14.8 Å². The molecule has 16 heavy (non-hydrogen) atoms. The maximum atomic E-state index is 13.4. The highest BCUT2D eigenvalue weighted by Gasteiger charge is 2.12. The smallest absolute Gasteiger partial charge is 0.244 e. The lowest BCUT2D eigenvalue weighted by Gasteiger charge is -2.03. The fourth-order valence-corrected chi connectivity index (χ4v) is 1.26. The van der Waals surface area contributed by atoms with Crippen molar-refractivity contribution in [2.45, 2.75) is 0 Å². The van der Waals surface area contributed by atoms with E-state index in [1.54, 1.807) is 7.05 Å². The van der Waals surface area contributed by atoms with Crippen molar-refractivity contribution in [2.24, 2.45) is 0 Å². The Hall–Kier alpha value is -2.18. The minimum Gasteiger partial charge on any atom is -0.368 e. The molecule has 5 nitrogen and oxygen atoms in total. The summed E-state index contributed by atoms with van der Waals surface area (Å²) in [7, 11) is 1.61. The number of nitrogens with one attached hydrogen (secondary N) is 1. The maximum Gasteiger partial charge on any atom is 0.244 e. The van der Waals surface area contributed by atoms with E-state index in [2.05, 4.69) is 15.4 Å². The molecule has 3 N–H and O–H groups in total. The van der Waals surface area contributed by atoms with E-state index in [-0.39, 0.29) is 17.6 Å². The fraction of sp³-hybridized carbons (Fsp3) is 0.111. The van der Waals surface area contributed by atoms with E-state index in [1.165, 1.54) is 6.07 Å². The topological polar surface area (TPSA) is 68.8 Å². The zero-order chi connectivity index (χ0) is 11.7. The summed E-state index contributed by atoms with van der Waals surface area (Å²) in [5.74, 6) is -1.12. The Balaban J connectivity index is 2.53. The minimum absolute atomic E-state index is 0.0230. The zero-order valence-electron chi connectivity index (χ0n) is 8.41. The number of benzene rings is 1. The van der Waals surface area contributed by atoms with Crippen LogP contribution in [0.25, 0.3) is 5.69 Å². The van der Waals surface area contributed by atoms with Crippen LogP contribution in [0, 0.1) is 11.6 Å². The van der Waals surface area contributed by atoms with Crippen LogP contribution in [0.4, 0.5) is 20.7 Å². The molecule has 0 spiro atoms. The normalized spacial score (nSPS) is 10.4. The molecule has 1 aromatic carbocycles. The Labute approximate surface area is 89.9 Å². The summed E-state index contributed by atoms with van der Waals surface area (Å²) in [6, 6.07) is 3.13. The summed E-state index contributed by atoms with van der Waals surface area (Å²) in [6.45, 7) is 0. The van der Waals surface area contributed by atoms with E-state index in [9.17, 15) is 8.78 Å². The van der Waals surface area contributed by atoms with Crippen LogP contribution in [0.1, 0.15) is 0 Å². The van der Waals surface area contributed by atoms with Crippen molar-refractivity contribution in [1.29, 1.82) is 0 Å². The van der Waals surface area contributed by atoms with Crippen LogP contribution in [0.5, 0.6) is 0 Å². The monoisotopic (exact) mass is 225 g/mol. The number of hydrogen-bond acceptors (Lipinski definition) is 4. The second-order valence-corrected chi connectivity index (χ2v) is 3.05. The zero-order valence-corrected chi connectivity index (χ0v) is 8.41. The van der Waals surface area contributed by atoms with Gasteiger partial charge in [-0.1, -0.05) is 0 Å². The van der Waals surface area contributed by atoms with Gasteiger partial charge < -0.3 is 11.1 Å². The van der Waals surface area contributed by atoms with Crippen LogP contribution in [-0.2, 0) is 0 Å². The molecule has 2 rings (SSSR count). The lowest BCUT2D eigenvalue weighted by molar-refractivity contribution is 0.574. The van der Waals surface area contributed by atoms with Crippen LogP contribution >= 0.6 is 0 Å². The summed E-state index contributed by atoms with van der Waals surface area (Å²) in [5.41, 5.74) is 5.59. The Kier molecular flexibility index (Phi) is 2.43. The maximum absolute atomic E-state index is 13.4.